The van der Waals surface area contributed by atoms with Gasteiger partial charge in [0.05, 0.1) is 18.8 Å². The van der Waals surface area contributed by atoms with E-state index in [1.54, 1.807) is 0 Å². The van der Waals surface area contributed by atoms with Gasteiger partial charge < -0.3 is 14.6 Å². The van der Waals surface area contributed by atoms with Crippen molar-refractivity contribution in [3.8, 4) is 0 Å². The molecule has 1 aliphatic carbocycles. The van der Waals surface area contributed by atoms with Crippen LogP contribution in [-0.4, -0.2) is 29.7 Å². The Balaban J connectivity index is 1.94. The van der Waals surface area contributed by atoms with Crippen molar-refractivity contribution in [2.45, 2.75) is 65.0 Å². The van der Waals surface area contributed by atoms with Crippen LogP contribution in [0.1, 0.15) is 47.0 Å². The first kappa shape index (κ1) is 14.0. The number of hydrogen-bond acceptors (Lipinski definition) is 3. The van der Waals surface area contributed by atoms with Gasteiger partial charge in [0, 0.05) is 6.42 Å². The minimum atomic E-state index is -0.475. The Kier molecular flexibility index (Phi) is 4.15. The zero-order valence-electron chi connectivity index (χ0n) is 12.0. The Hall–Kier alpha value is -0.380. The molecule has 3 nitrogen and oxygen atoms in total. The molecule has 2 rings (SSSR count). The molecule has 3 heteroatoms. The Morgan fingerprint density at radius 3 is 2.56 bits per heavy atom. The maximum atomic E-state index is 9.02. The van der Waals surface area contributed by atoms with Crippen molar-refractivity contribution in [3.63, 3.8) is 0 Å². The molecule has 4 atom stereocenters. The lowest BCUT2D eigenvalue weighted by Crippen LogP contribution is -2.45. The summed E-state index contributed by atoms with van der Waals surface area (Å²) in [4.78, 5) is 0. The molecule has 0 unspecified atom stereocenters. The largest absolute Gasteiger partial charge is 0.392 e. The summed E-state index contributed by atoms with van der Waals surface area (Å²) in [5.41, 5.74) is 1.01. The van der Waals surface area contributed by atoms with E-state index in [9.17, 15) is 0 Å². The van der Waals surface area contributed by atoms with Gasteiger partial charge in [0.15, 0.2) is 5.79 Å². The summed E-state index contributed by atoms with van der Waals surface area (Å²) in [7, 11) is 0. The van der Waals surface area contributed by atoms with Crippen molar-refractivity contribution < 1.29 is 14.6 Å². The lowest BCUT2D eigenvalue weighted by molar-refractivity contribution is -0.302. The maximum absolute atomic E-state index is 9.02. The van der Waals surface area contributed by atoms with Gasteiger partial charge in [-0.05, 0) is 45.4 Å². The summed E-state index contributed by atoms with van der Waals surface area (Å²) < 4.78 is 12.0. The van der Waals surface area contributed by atoms with Crippen molar-refractivity contribution in [1.29, 1.82) is 0 Å². The Labute approximate surface area is 110 Å². The smallest absolute Gasteiger partial charge is 0.163 e. The summed E-state index contributed by atoms with van der Waals surface area (Å²) >= 11 is 0. The van der Waals surface area contributed by atoms with Crippen LogP contribution in [0.2, 0.25) is 0 Å². The fourth-order valence-electron chi connectivity index (χ4n) is 2.82. The standard InChI is InChI=1S/C15H26O3/c1-10(9-16)5-6-12-8-14(13-7-11(13)2)18-15(3,4)17-12/h5,11-14,16H,6-9H2,1-4H3/b10-5+/t11-,12-,13-,14-/m0/s1. The molecule has 18 heavy (non-hydrogen) atoms. The molecule has 2 fully saturated rings. The van der Waals surface area contributed by atoms with Crippen molar-refractivity contribution in [3.05, 3.63) is 11.6 Å². The molecule has 1 saturated carbocycles. The van der Waals surface area contributed by atoms with Crippen LogP contribution in [0.4, 0.5) is 0 Å². The van der Waals surface area contributed by atoms with Gasteiger partial charge in [-0.3, -0.25) is 0 Å². The SMILES string of the molecule is C/C(=C\C[C@H]1C[C@@H]([C@H]2C[C@@H]2C)OC(C)(C)O1)CO. The fourth-order valence-corrected chi connectivity index (χ4v) is 2.82. The van der Waals surface area contributed by atoms with Gasteiger partial charge in [0.25, 0.3) is 0 Å². The minimum absolute atomic E-state index is 0.135. The highest BCUT2D eigenvalue weighted by atomic mass is 16.7. The Morgan fingerprint density at radius 1 is 1.33 bits per heavy atom. The average Bonchev–Trinajstić information content (AvgIpc) is 3.01. The number of ether oxygens (including phenoxy) is 2. The number of hydrogen-bond donors (Lipinski definition) is 1. The van der Waals surface area contributed by atoms with Crippen LogP contribution in [-0.2, 0) is 9.47 Å². The van der Waals surface area contributed by atoms with Crippen LogP contribution in [0.3, 0.4) is 0 Å². The third-order valence-corrected chi connectivity index (χ3v) is 4.01. The molecule has 1 N–H and O–H groups in total. The summed E-state index contributed by atoms with van der Waals surface area (Å²) in [6, 6.07) is 0. The second kappa shape index (κ2) is 5.32. The summed E-state index contributed by atoms with van der Waals surface area (Å²) in [5.74, 6) is 1.05. The van der Waals surface area contributed by atoms with E-state index in [0.717, 1.165) is 30.3 Å². The first-order valence-electron chi connectivity index (χ1n) is 7.03. The number of aliphatic hydroxyl groups excluding tert-OH is 1. The monoisotopic (exact) mass is 254 g/mol. The van der Waals surface area contributed by atoms with Crippen LogP contribution >= 0.6 is 0 Å². The predicted molar refractivity (Wildman–Crippen MR) is 71.2 cm³/mol. The molecule has 104 valence electrons. The molecule has 0 aromatic rings. The van der Waals surface area contributed by atoms with E-state index in [1.165, 1.54) is 6.42 Å². The van der Waals surface area contributed by atoms with E-state index in [-0.39, 0.29) is 12.7 Å². The van der Waals surface area contributed by atoms with Gasteiger partial charge >= 0.3 is 0 Å². The quantitative estimate of drug-likeness (QED) is 0.784. The molecular weight excluding hydrogens is 228 g/mol. The van der Waals surface area contributed by atoms with Gasteiger partial charge in [0.1, 0.15) is 0 Å². The molecule has 0 radical (unpaired) electrons. The topological polar surface area (TPSA) is 38.7 Å². The normalized spacial score (nSPS) is 39.7. The summed E-state index contributed by atoms with van der Waals surface area (Å²) in [6.45, 7) is 8.38. The van der Waals surface area contributed by atoms with E-state index in [2.05, 4.69) is 13.0 Å². The molecule has 0 spiro atoms. The first-order chi connectivity index (χ1) is 8.41. The highest BCUT2D eigenvalue weighted by Crippen LogP contribution is 2.46. The second-order valence-corrected chi connectivity index (χ2v) is 6.35. The highest BCUT2D eigenvalue weighted by Gasteiger charge is 2.46. The van der Waals surface area contributed by atoms with E-state index in [4.69, 9.17) is 14.6 Å². The van der Waals surface area contributed by atoms with Crippen molar-refractivity contribution in [2.24, 2.45) is 11.8 Å². The third kappa shape index (κ3) is 3.56. The lowest BCUT2D eigenvalue weighted by atomic mass is 10.0. The zero-order valence-corrected chi connectivity index (χ0v) is 12.0. The zero-order chi connectivity index (χ0) is 13.3. The fraction of sp³-hybridized carbons (Fsp3) is 0.867. The van der Waals surface area contributed by atoms with Gasteiger partial charge in [-0.1, -0.05) is 18.6 Å². The summed E-state index contributed by atoms with van der Waals surface area (Å²) in [6.07, 6.45) is 5.78. The van der Waals surface area contributed by atoms with E-state index < -0.39 is 5.79 Å². The van der Waals surface area contributed by atoms with Gasteiger partial charge in [-0.2, -0.15) is 0 Å². The highest BCUT2D eigenvalue weighted by molar-refractivity contribution is 5.00. The molecule has 1 aliphatic heterocycles. The Bertz CT molecular complexity index is 322. The predicted octanol–water partition coefficient (Wildman–Crippen LogP) is 2.88. The van der Waals surface area contributed by atoms with Gasteiger partial charge in [-0.25, -0.2) is 0 Å². The molecule has 0 aromatic carbocycles. The van der Waals surface area contributed by atoms with E-state index >= 15 is 0 Å². The van der Waals surface area contributed by atoms with E-state index in [0.29, 0.717) is 6.10 Å². The van der Waals surface area contributed by atoms with Crippen molar-refractivity contribution in [2.75, 3.05) is 6.61 Å². The summed E-state index contributed by atoms with van der Waals surface area (Å²) in [5, 5.41) is 9.02. The van der Waals surface area contributed by atoms with Crippen molar-refractivity contribution in [1.82, 2.24) is 0 Å². The lowest BCUT2D eigenvalue weighted by Gasteiger charge is -2.41. The maximum Gasteiger partial charge on any atom is 0.163 e. The van der Waals surface area contributed by atoms with Gasteiger partial charge in [-0.15, -0.1) is 0 Å². The molecular formula is C15H26O3. The van der Waals surface area contributed by atoms with Gasteiger partial charge in [0.2, 0.25) is 0 Å². The molecule has 0 amide bonds. The first-order valence-corrected chi connectivity index (χ1v) is 7.03. The number of rotatable bonds is 4. The second-order valence-electron chi connectivity index (χ2n) is 6.35. The van der Waals surface area contributed by atoms with Crippen molar-refractivity contribution >= 4 is 0 Å². The van der Waals surface area contributed by atoms with E-state index in [1.807, 2.05) is 20.8 Å². The van der Waals surface area contributed by atoms with Crippen LogP contribution in [0, 0.1) is 11.8 Å². The molecule has 0 bridgehead atoms. The molecule has 1 saturated heterocycles. The molecule has 2 aliphatic rings. The minimum Gasteiger partial charge on any atom is -0.392 e. The van der Waals surface area contributed by atoms with Crippen LogP contribution in [0.25, 0.3) is 0 Å². The van der Waals surface area contributed by atoms with Crippen LogP contribution < -0.4 is 0 Å². The molecule has 0 aromatic heterocycles. The van der Waals surface area contributed by atoms with Crippen LogP contribution in [0.5, 0.6) is 0 Å². The third-order valence-electron chi connectivity index (χ3n) is 4.01. The number of aliphatic hydroxyl groups is 1. The average molecular weight is 254 g/mol. The Morgan fingerprint density at radius 2 is 2.00 bits per heavy atom. The van der Waals surface area contributed by atoms with Crippen LogP contribution in [0.15, 0.2) is 11.6 Å². The molecule has 1 heterocycles.